The lowest BCUT2D eigenvalue weighted by molar-refractivity contribution is 0.287. The molecule has 5 nitrogen and oxygen atoms in total. The summed E-state index contributed by atoms with van der Waals surface area (Å²) in [5.74, 6) is 0.658. The Labute approximate surface area is 111 Å². The lowest BCUT2D eigenvalue weighted by atomic mass is 10.1. The first kappa shape index (κ1) is 11.8. The van der Waals surface area contributed by atoms with Crippen LogP contribution in [0.25, 0.3) is 11.1 Å². The number of fused-ring (bicyclic) bond motifs is 1. The van der Waals surface area contributed by atoms with E-state index in [2.05, 4.69) is 30.0 Å². The molecule has 0 unspecified atom stereocenters. The standard InChI is InChI=1S/C14H16N4O/c1-9(2)11-3-4-12-13(10-5-7-19-8-6-10)16-14(15)17-18(11)12/h3-7,9H,8H2,1-2H3,(H2,15,17). The first-order valence-electron chi connectivity index (χ1n) is 6.30. The number of anilines is 1. The largest absolute Gasteiger partial charge is 0.497 e. The van der Waals surface area contributed by atoms with Crippen LogP contribution in [0.4, 0.5) is 5.95 Å². The summed E-state index contributed by atoms with van der Waals surface area (Å²) < 4.78 is 7.05. The fraction of sp³-hybridized carbons (Fsp3) is 0.286. The van der Waals surface area contributed by atoms with Gasteiger partial charge in [0.15, 0.2) is 0 Å². The minimum Gasteiger partial charge on any atom is -0.497 e. The van der Waals surface area contributed by atoms with Crippen molar-refractivity contribution in [3.8, 4) is 0 Å². The van der Waals surface area contributed by atoms with Gasteiger partial charge in [0.05, 0.1) is 17.5 Å². The van der Waals surface area contributed by atoms with Crippen molar-refractivity contribution in [1.82, 2.24) is 14.6 Å². The van der Waals surface area contributed by atoms with Crippen molar-refractivity contribution in [3.05, 3.63) is 41.9 Å². The van der Waals surface area contributed by atoms with Gasteiger partial charge in [0.1, 0.15) is 6.61 Å². The minimum absolute atomic E-state index is 0.279. The zero-order valence-corrected chi connectivity index (χ0v) is 11.0. The number of nitrogen functional groups attached to an aromatic ring is 1. The van der Waals surface area contributed by atoms with E-state index in [4.69, 9.17) is 10.5 Å². The van der Waals surface area contributed by atoms with Crippen molar-refractivity contribution >= 4 is 17.0 Å². The Kier molecular flexibility index (Phi) is 2.74. The SMILES string of the molecule is CC(C)c1ccc2c(C3=CCOC=C3)nc(N)nn12. The van der Waals surface area contributed by atoms with Crippen LogP contribution in [0, 0.1) is 0 Å². The molecule has 2 N–H and O–H groups in total. The van der Waals surface area contributed by atoms with Crippen LogP contribution in [0.5, 0.6) is 0 Å². The quantitative estimate of drug-likeness (QED) is 0.895. The van der Waals surface area contributed by atoms with E-state index < -0.39 is 0 Å². The average Bonchev–Trinajstić information content (AvgIpc) is 2.82. The van der Waals surface area contributed by atoms with E-state index in [0.717, 1.165) is 22.5 Å². The molecule has 98 valence electrons. The summed E-state index contributed by atoms with van der Waals surface area (Å²) in [6.45, 7) is 4.82. The maximum absolute atomic E-state index is 5.83. The van der Waals surface area contributed by atoms with Crippen molar-refractivity contribution in [2.24, 2.45) is 0 Å². The molecule has 2 aromatic rings. The van der Waals surface area contributed by atoms with Crippen LogP contribution in [0.15, 0.2) is 30.5 Å². The Morgan fingerprint density at radius 2 is 2.21 bits per heavy atom. The predicted octanol–water partition coefficient (Wildman–Crippen LogP) is 2.36. The number of hydrogen-bond acceptors (Lipinski definition) is 4. The number of allylic oxidation sites excluding steroid dienone is 2. The second-order valence-corrected chi connectivity index (χ2v) is 4.82. The summed E-state index contributed by atoms with van der Waals surface area (Å²) >= 11 is 0. The summed E-state index contributed by atoms with van der Waals surface area (Å²) in [4.78, 5) is 4.37. The molecule has 0 amide bonds. The van der Waals surface area contributed by atoms with E-state index >= 15 is 0 Å². The van der Waals surface area contributed by atoms with Crippen molar-refractivity contribution in [2.45, 2.75) is 19.8 Å². The maximum Gasteiger partial charge on any atom is 0.238 e. The smallest absolute Gasteiger partial charge is 0.238 e. The van der Waals surface area contributed by atoms with Gasteiger partial charge in [-0.1, -0.05) is 13.8 Å². The molecule has 3 heterocycles. The minimum atomic E-state index is 0.279. The Hall–Kier alpha value is -2.30. The van der Waals surface area contributed by atoms with E-state index in [1.807, 2.05) is 22.7 Å². The number of ether oxygens (including phenoxy) is 1. The van der Waals surface area contributed by atoms with Gasteiger partial charge in [-0.15, -0.1) is 5.10 Å². The molecule has 0 spiro atoms. The van der Waals surface area contributed by atoms with Crippen molar-refractivity contribution in [2.75, 3.05) is 12.3 Å². The lowest BCUT2D eigenvalue weighted by Gasteiger charge is -2.11. The molecule has 19 heavy (non-hydrogen) atoms. The normalized spacial score (nSPS) is 14.8. The van der Waals surface area contributed by atoms with Crippen molar-refractivity contribution < 1.29 is 4.74 Å². The highest BCUT2D eigenvalue weighted by atomic mass is 16.5. The van der Waals surface area contributed by atoms with Crippen LogP contribution in [0.3, 0.4) is 0 Å². The Morgan fingerprint density at radius 3 is 2.89 bits per heavy atom. The molecule has 0 saturated carbocycles. The van der Waals surface area contributed by atoms with Gasteiger partial charge >= 0.3 is 0 Å². The molecular weight excluding hydrogens is 240 g/mol. The highest BCUT2D eigenvalue weighted by molar-refractivity contribution is 5.82. The fourth-order valence-corrected chi connectivity index (χ4v) is 2.24. The summed E-state index contributed by atoms with van der Waals surface area (Å²) in [7, 11) is 0. The number of rotatable bonds is 2. The Bertz CT molecular complexity index is 682. The van der Waals surface area contributed by atoms with Gasteiger partial charge in [0.25, 0.3) is 0 Å². The first-order chi connectivity index (χ1) is 9.16. The van der Waals surface area contributed by atoms with Gasteiger partial charge in [-0.05, 0) is 30.2 Å². The molecule has 0 fully saturated rings. The molecule has 0 saturated heterocycles. The van der Waals surface area contributed by atoms with Gasteiger partial charge < -0.3 is 10.5 Å². The lowest BCUT2D eigenvalue weighted by Crippen LogP contribution is -2.08. The van der Waals surface area contributed by atoms with Crippen LogP contribution >= 0.6 is 0 Å². The fourth-order valence-electron chi connectivity index (χ4n) is 2.24. The van der Waals surface area contributed by atoms with Gasteiger partial charge in [-0.2, -0.15) is 0 Å². The molecule has 1 aliphatic heterocycles. The third-order valence-corrected chi connectivity index (χ3v) is 3.16. The Morgan fingerprint density at radius 1 is 1.37 bits per heavy atom. The van der Waals surface area contributed by atoms with Crippen LogP contribution in [-0.4, -0.2) is 21.2 Å². The summed E-state index contributed by atoms with van der Waals surface area (Å²) in [5, 5.41) is 4.31. The molecule has 0 atom stereocenters. The highest BCUT2D eigenvalue weighted by Gasteiger charge is 2.15. The first-order valence-corrected chi connectivity index (χ1v) is 6.30. The van der Waals surface area contributed by atoms with E-state index in [-0.39, 0.29) is 5.95 Å². The summed E-state index contributed by atoms with van der Waals surface area (Å²) in [6, 6.07) is 4.11. The van der Waals surface area contributed by atoms with Crippen molar-refractivity contribution in [1.29, 1.82) is 0 Å². The average molecular weight is 256 g/mol. The summed E-state index contributed by atoms with van der Waals surface area (Å²) in [5.41, 5.74) is 9.79. The molecule has 0 radical (unpaired) electrons. The van der Waals surface area contributed by atoms with Crippen molar-refractivity contribution in [3.63, 3.8) is 0 Å². The van der Waals surface area contributed by atoms with Crippen LogP contribution in [-0.2, 0) is 4.74 Å². The number of nitrogens with two attached hydrogens (primary N) is 1. The molecule has 0 aromatic carbocycles. The van der Waals surface area contributed by atoms with Crippen LogP contribution in [0.1, 0.15) is 31.2 Å². The van der Waals surface area contributed by atoms with Gasteiger partial charge in [0, 0.05) is 11.3 Å². The molecule has 2 aromatic heterocycles. The maximum atomic E-state index is 5.83. The van der Waals surface area contributed by atoms with Gasteiger partial charge in [-0.3, -0.25) is 0 Å². The highest BCUT2D eigenvalue weighted by Crippen LogP contribution is 2.25. The van der Waals surface area contributed by atoms with E-state index in [1.54, 1.807) is 6.26 Å². The van der Waals surface area contributed by atoms with E-state index in [0.29, 0.717) is 12.5 Å². The second-order valence-electron chi connectivity index (χ2n) is 4.82. The van der Waals surface area contributed by atoms with Gasteiger partial charge in [-0.25, -0.2) is 9.50 Å². The van der Waals surface area contributed by atoms with E-state index in [1.165, 1.54) is 0 Å². The number of nitrogens with zero attached hydrogens (tertiary/aromatic N) is 3. The Balaban J connectivity index is 2.25. The van der Waals surface area contributed by atoms with Crippen LogP contribution in [0.2, 0.25) is 0 Å². The molecule has 5 heteroatoms. The number of aromatic nitrogens is 3. The summed E-state index contributed by atoms with van der Waals surface area (Å²) in [6.07, 6.45) is 5.56. The molecule has 1 aliphatic rings. The monoisotopic (exact) mass is 256 g/mol. The predicted molar refractivity (Wildman–Crippen MR) is 74.6 cm³/mol. The zero-order valence-electron chi connectivity index (χ0n) is 11.0. The van der Waals surface area contributed by atoms with Crippen LogP contribution < -0.4 is 5.73 Å². The molecule has 3 rings (SSSR count). The molecule has 0 aliphatic carbocycles. The van der Waals surface area contributed by atoms with Gasteiger partial charge in [0.2, 0.25) is 5.95 Å². The molecule has 0 bridgehead atoms. The third kappa shape index (κ3) is 1.97. The third-order valence-electron chi connectivity index (χ3n) is 3.16. The second kappa shape index (κ2) is 4.42. The number of hydrogen-bond donors (Lipinski definition) is 1. The zero-order chi connectivity index (χ0) is 13.4. The topological polar surface area (TPSA) is 65.4 Å². The van der Waals surface area contributed by atoms with E-state index in [9.17, 15) is 0 Å². The molecular formula is C14H16N4O.